The molecule has 0 saturated carbocycles. The molecule has 2 amide bonds. The summed E-state index contributed by atoms with van der Waals surface area (Å²) < 4.78 is 18.7. The van der Waals surface area contributed by atoms with Crippen molar-refractivity contribution in [1.29, 1.82) is 0 Å². The topological polar surface area (TPSA) is 130 Å². The van der Waals surface area contributed by atoms with Gasteiger partial charge in [-0.3, -0.25) is 19.7 Å². The van der Waals surface area contributed by atoms with Gasteiger partial charge in [0.1, 0.15) is 0 Å². The van der Waals surface area contributed by atoms with Crippen molar-refractivity contribution in [3.63, 3.8) is 0 Å². The first-order valence-electron chi connectivity index (χ1n) is 15.2. The van der Waals surface area contributed by atoms with Crippen LogP contribution in [0.3, 0.4) is 0 Å². The minimum atomic E-state index is -0.548. The zero-order valence-electron chi connectivity index (χ0n) is 24.8. The standard InChI is InChI=1S/C34H41N3O7/c38-23-24-10-12-26(13-11-24)31-20-30(22-37-14-16-42-17-15-37)43-34(44-31)29-7-2-6-28(19-29)27-5-1-4-25(18-27)21-35-32(39)8-3-9-33(40)36-41/h1-2,4-7,10-13,18-19,30-31,34,38,41H,3,8-9,14-17,20-23H2,(H,35,39)(H,36,40)/t30-,31+,34+/m0/s1. The molecule has 0 aliphatic carbocycles. The third-order valence-electron chi connectivity index (χ3n) is 8.02. The van der Waals surface area contributed by atoms with Gasteiger partial charge in [0.05, 0.1) is 32.0 Å². The van der Waals surface area contributed by atoms with E-state index in [-0.39, 0.29) is 37.6 Å². The van der Waals surface area contributed by atoms with Gasteiger partial charge in [0.15, 0.2) is 6.29 Å². The average molecular weight is 604 g/mol. The van der Waals surface area contributed by atoms with Crippen LogP contribution in [0.2, 0.25) is 0 Å². The van der Waals surface area contributed by atoms with Gasteiger partial charge in [0.25, 0.3) is 0 Å². The summed E-state index contributed by atoms with van der Waals surface area (Å²) in [6.07, 6.45) is 0.661. The van der Waals surface area contributed by atoms with Crippen LogP contribution < -0.4 is 10.8 Å². The Bertz CT molecular complexity index is 1380. The number of amides is 2. The molecular weight excluding hydrogens is 562 g/mol. The van der Waals surface area contributed by atoms with Gasteiger partial charge >= 0.3 is 0 Å². The van der Waals surface area contributed by atoms with E-state index in [1.807, 2.05) is 66.7 Å². The van der Waals surface area contributed by atoms with Crippen molar-refractivity contribution in [3.05, 3.63) is 95.1 Å². The van der Waals surface area contributed by atoms with Crippen molar-refractivity contribution in [3.8, 4) is 11.1 Å². The maximum atomic E-state index is 12.2. The van der Waals surface area contributed by atoms with Crippen LogP contribution >= 0.6 is 0 Å². The van der Waals surface area contributed by atoms with Crippen LogP contribution in [0.1, 0.15) is 60.3 Å². The lowest BCUT2D eigenvalue weighted by molar-refractivity contribution is -0.253. The summed E-state index contributed by atoms with van der Waals surface area (Å²) in [4.78, 5) is 25.8. The second kappa shape index (κ2) is 15.9. The van der Waals surface area contributed by atoms with E-state index in [9.17, 15) is 14.7 Å². The van der Waals surface area contributed by atoms with E-state index in [0.29, 0.717) is 13.0 Å². The van der Waals surface area contributed by atoms with Crippen molar-refractivity contribution < 1.29 is 34.1 Å². The Kier molecular flexibility index (Phi) is 11.5. The summed E-state index contributed by atoms with van der Waals surface area (Å²) in [5.41, 5.74) is 7.40. The Morgan fingerprint density at radius 1 is 0.841 bits per heavy atom. The molecule has 3 aromatic rings. The quantitative estimate of drug-likeness (QED) is 0.181. The fraction of sp³-hybridized carbons (Fsp3) is 0.412. The summed E-state index contributed by atoms with van der Waals surface area (Å²) >= 11 is 0. The Labute approximate surface area is 257 Å². The number of hydrogen-bond donors (Lipinski definition) is 4. The van der Waals surface area contributed by atoms with Crippen molar-refractivity contribution >= 4 is 11.8 Å². The molecule has 0 spiro atoms. The predicted octanol–water partition coefficient (Wildman–Crippen LogP) is 4.02. The molecule has 2 aliphatic heterocycles. The van der Waals surface area contributed by atoms with Gasteiger partial charge in [0, 0.05) is 51.0 Å². The van der Waals surface area contributed by atoms with Gasteiger partial charge in [-0.15, -0.1) is 0 Å². The number of nitrogens with zero attached hydrogens (tertiary/aromatic N) is 1. The molecule has 3 aromatic carbocycles. The lowest BCUT2D eigenvalue weighted by atomic mass is 9.98. The fourth-order valence-corrected chi connectivity index (χ4v) is 5.58. The molecule has 10 nitrogen and oxygen atoms in total. The van der Waals surface area contributed by atoms with Crippen LogP contribution in [0.5, 0.6) is 0 Å². The van der Waals surface area contributed by atoms with Gasteiger partial charge in [-0.2, -0.15) is 0 Å². The molecule has 234 valence electrons. The van der Waals surface area contributed by atoms with E-state index in [1.165, 1.54) is 0 Å². The fourth-order valence-electron chi connectivity index (χ4n) is 5.58. The number of morpholine rings is 1. The highest BCUT2D eigenvalue weighted by atomic mass is 16.7. The van der Waals surface area contributed by atoms with Crippen LogP contribution in [0.4, 0.5) is 0 Å². The smallest absolute Gasteiger partial charge is 0.243 e. The minimum absolute atomic E-state index is 0.00304. The number of rotatable bonds is 12. The SMILES string of the molecule is O=C(CCCC(=O)NCc1cccc(-c2cccc([C@@H]3O[C@H](CN4CCOCC4)C[C@H](c4ccc(CO)cc4)O3)c2)c1)NO. The second-order valence-electron chi connectivity index (χ2n) is 11.3. The molecule has 0 radical (unpaired) electrons. The van der Waals surface area contributed by atoms with Crippen molar-refractivity contribution in [1.82, 2.24) is 15.7 Å². The highest BCUT2D eigenvalue weighted by Gasteiger charge is 2.33. The second-order valence-corrected chi connectivity index (χ2v) is 11.3. The molecule has 2 fully saturated rings. The van der Waals surface area contributed by atoms with E-state index in [4.69, 9.17) is 19.4 Å². The summed E-state index contributed by atoms with van der Waals surface area (Å²) in [7, 11) is 0. The number of carbonyl (C=O) groups is 2. The molecule has 2 heterocycles. The number of hydrogen-bond acceptors (Lipinski definition) is 8. The Balaban J connectivity index is 1.28. The molecule has 0 unspecified atom stereocenters. The maximum Gasteiger partial charge on any atom is 0.243 e. The Hall–Kier alpha value is -3.64. The van der Waals surface area contributed by atoms with Gasteiger partial charge in [0.2, 0.25) is 11.8 Å². The monoisotopic (exact) mass is 603 g/mol. The largest absolute Gasteiger partial charge is 0.392 e. The van der Waals surface area contributed by atoms with E-state index < -0.39 is 12.2 Å². The highest BCUT2D eigenvalue weighted by Crippen LogP contribution is 2.39. The molecule has 2 aliphatic rings. The molecule has 2 saturated heterocycles. The summed E-state index contributed by atoms with van der Waals surface area (Å²) in [6.45, 7) is 4.40. The average Bonchev–Trinajstić information content (AvgIpc) is 3.08. The predicted molar refractivity (Wildman–Crippen MR) is 163 cm³/mol. The first-order valence-corrected chi connectivity index (χ1v) is 15.2. The highest BCUT2D eigenvalue weighted by molar-refractivity contribution is 5.78. The number of carbonyl (C=O) groups excluding carboxylic acids is 2. The number of aliphatic hydroxyl groups excluding tert-OH is 1. The number of ether oxygens (including phenoxy) is 3. The number of hydroxylamine groups is 1. The Morgan fingerprint density at radius 3 is 2.32 bits per heavy atom. The molecule has 0 aromatic heterocycles. The Morgan fingerprint density at radius 2 is 1.57 bits per heavy atom. The first kappa shape index (κ1) is 31.8. The first-order chi connectivity index (χ1) is 21.5. The van der Waals surface area contributed by atoms with Crippen LogP contribution in [-0.4, -0.2) is 66.0 Å². The van der Waals surface area contributed by atoms with E-state index in [0.717, 1.165) is 72.6 Å². The van der Waals surface area contributed by atoms with Gasteiger partial charge < -0.3 is 24.6 Å². The van der Waals surface area contributed by atoms with Crippen molar-refractivity contribution in [2.24, 2.45) is 0 Å². The molecule has 4 N–H and O–H groups in total. The van der Waals surface area contributed by atoms with Crippen LogP contribution in [-0.2, 0) is 37.0 Å². The van der Waals surface area contributed by atoms with Crippen LogP contribution in [0.15, 0.2) is 72.8 Å². The third kappa shape index (κ3) is 8.95. The van der Waals surface area contributed by atoms with Crippen LogP contribution in [0.25, 0.3) is 11.1 Å². The summed E-state index contributed by atoms with van der Waals surface area (Å²) in [5, 5.41) is 21.0. The van der Waals surface area contributed by atoms with E-state index in [2.05, 4.69) is 16.3 Å². The number of aliphatic hydroxyl groups is 1. The number of benzene rings is 3. The molecule has 3 atom stereocenters. The minimum Gasteiger partial charge on any atom is -0.392 e. The van der Waals surface area contributed by atoms with Gasteiger partial charge in [-0.1, -0.05) is 60.7 Å². The molecule has 10 heteroatoms. The zero-order valence-corrected chi connectivity index (χ0v) is 24.8. The molecule has 5 rings (SSSR count). The van der Waals surface area contributed by atoms with Crippen molar-refractivity contribution in [2.45, 2.75) is 57.3 Å². The van der Waals surface area contributed by atoms with E-state index >= 15 is 0 Å². The molecule has 44 heavy (non-hydrogen) atoms. The normalized spacial score (nSPS) is 20.6. The zero-order chi connectivity index (χ0) is 30.7. The van der Waals surface area contributed by atoms with Gasteiger partial charge in [-0.25, -0.2) is 5.48 Å². The molecule has 0 bridgehead atoms. The lowest BCUT2D eigenvalue weighted by Gasteiger charge is -2.39. The molecular formula is C34H41N3O7. The lowest BCUT2D eigenvalue weighted by Crippen LogP contribution is -2.44. The summed E-state index contributed by atoms with van der Waals surface area (Å²) in [6, 6.07) is 24.1. The number of nitrogens with one attached hydrogen (secondary N) is 2. The van der Waals surface area contributed by atoms with Crippen LogP contribution in [0, 0.1) is 0 Å². The third-order valence-corrected chi connectivity index (χ3v) is 8.02. The maximum absolute atomic E-state index is 12.2. The summed E-state index contributed by atoms with van der Waals surface area (Å²) in [5.74, 6) is -0.654. The van der Waals surface area contributed by atoms with Crippen molar-refractivity contribution in [2.75, 3.05) is 32.8 Å². The van der Waals surface area contributed by atoms with Gasteiger partial charge in [-0.05, 0) is 46.4 Å². The van der Waals surface area contributed by atoms with E-state index in [1.54, 1.807) is 5.48 Å².